The van der Waals surface area contributed by atoms with E-state index in [1.807, 2.05) is 0 Å². The van der Waals surface area contributed by atoms with Gasteiger partial charge in [-0.3, -0.25) is 0 Å². The summed E-state index contributed by atoms with van der Waals surface area (Å²) in [6.07, 6.45) is 2.76. The first-order valence-corrected chi connectivity index (χ1v) is 4.61. The first-order valence-electron chi connectivity index (χ1n) is 3.67. The van der Waals surface area contributed by atoms with Crippen LogP contribution in [0.3, 0.4) is 0 Å². The monoisotopic (exact) mass is 153 g/mol. The van der Waals surface area contributed by atoms with Gasteiger partial charge >= 0.3 is 0 Å². The van der Waals surface area contributed by atoms with E-state index < -0.39 is 0 Å². The topological polar surface area (TPSA) is 26.0 Å². The smallest absolute Gasteiger partial charge is 0.0189 e. The van der Waals surface area contributed by atoms with E-state index in [9.17, 15) is 0 Å². The molecule has 1 aliphatic carbocycles. The molecule has 0 bridgehead atoms. The van der Waals surface area contributed by atoms with Crippen molar-refractivity contribution in [3.05, 3.63) is 21.9 Å². The lowest BCUT2D eigenvalue weighted by Gasteiger charge is -1.95. The Kier molecular flexibility index (Phi) is 1.51. The van der Waals surface area contributed by atoms with Crippen LogP contribution in [-0.4, -0.2) is 0 Å². The molecule has 0 unspecified atom stereocenters. The van der Waals surface area contributed by atoms with Gasteiger partial charge in [-0.15, -0.1) is 0 Å². The lowest BCUT2D eigenvalue weighted by atomic mass is 10.1. The molecule has 0 amide bonds. The Morgan fingerprint density at radius 3 is 2.90 bits per heavy atom. The fourth-order valence-corrected chi connectivity index (χ4v) is 2.21. The second-order valence-corrected chi connectivity index (χ2v) is 3.57. The summed E-state index contributed by atoms with van der Waals surface area (Å²) in [4.78, 5) is 0. The van der Waals surface area contributed by atoms with Crippen LogP contribution in [0.4, 0.5) is 0 Å². The average Bonchev–Trinajstić information content (AvgIpc) is 2.69. The Labute approximate surface area is 64.9 Å². The summed E-state index contributed by atoms with van der Waals surface area (Å²) in [5.74, 6) is 0.866. The van der Waals surface area contributed by atoms with Gasteiger partial charge < -0.3 is 5.73 Å². The second kappa shape index (κ2) is 2.36. The minimum absolute atomic E-state index is 0.718. The van der Waals surface area contributed by atoms with E-state index >= 15 is 0 Å². The zero-order valence-corrected chi connectivity index (χ0v) is 6.66. The molecule has 0 aliphatic heterocycles. The van der Waals surface area contributed by atoms with Crippen LogP contribution in [0.15, 0.2) is 10.8 Å². The summed E-state index contributed by atoms with van der Waals surface area (Å²) in [5, 5.41) is 4.42. The summed E-state index contributed by atoms with van der Waals surface area (Å²) in [5.41, 5.74) is 8.46. The van der Waals surface area contributed by atoms with Crippen LogP contribution in [0, 0.1) is 0 Å². The van der Waals surface area contributed by atoms with Gasteiger partial charge in [-0.25, -0.2) is 0 Å². The fraction of sp³-hybridized carbons (Fsp3) is 0.500. The average molecular weight is 153 g/mol. The molecule has 1 fully saturated rings. The van der Waals surface area contributed by atoms with Crippen LogP contribution in [-0.2, 0) is 6.54 Å². The van der Waals surface area contributed by atoms with Crippen molar-refractivity contribution in [2.24, 2.45) is 5.73 Å². The lowest BCUT2D eigenvalue weighted by molar-refractivity contribution is 1.01. The number of hydrogen-bond acceptors (Lipinski definition) is 2. The third-order valence-electron chi connectivity index (χ3n) is 2.01. The summed E-state index contributed by atoms with van der Waals surface area (Å²) >= 11 is 1.78. The minimum Gasteiger partial charge on any atom is -0.326 e. The Morgan fingerprint density at radius 2 is 2.30 bits per heavy atom. The predicted octanol–water partition coefficient (Wildman–Crippen LogP) is 2.08. The third-order valence-corrected chi connectivity index (χ3v) is 2.82. The van der Waals surface area contributed by atoms with E-state index in [1.165, 1.54) is 24.0 Å². The van der Waals surface area contributed by atoms with E-state index in [2.05, 4.69) is 10.8 Å². The number of hydrogen-bond donors (Lipinski definition) is 1. The largest absolute Gasteiger partial charge is 0.326 e. The van der Waals surface area contributed by atoms with E-state index in [1.54, 1.807) is 11.3 Å². The lowest BCUT2D eigenvalue weighted by Crippen LogP contribution is -1.96. The molecule has 1 saturated carbocycles. The van der Waals surface area contributed by atoms with Crippen molar-refractivity contribution in [2.75, 3.05) is 0 Å². The highest BCUT2D eigenvalue weighted by molar-refractivity contribution is 7.08. The summed E-state index contributed by atoms with van der Waals surface area (Å²) in [7, 11) is 0. The molecule has 0 saturated heterocycles. The molecule has 1 nitrogen and oxygen atoms in total. The second-order valence-electron chi connectivity index (χ2n) is 2.83. The van der Waals surface area contributed by atoms with E-state index in [-0.39, 0.29) is 0 Å². The zero-order valence-electron chi connectivity index (χ0n) is 5.84. The van der Waals surface area contributed by atoms with Gasteiger partial charge in [0.1, 0.15) is 0 Å². The summed E-state index contributed by atoms with van der Waals surface area (Å²) in [6.45, 7) is 0.718. The van der Waals surface area contributed by atoms with E-state index in [4.69, 9.17) is 5.73 Å². The molecule has 2 N–H and O–H groups in total. The van der Waals surface area contributed by atoms with Crippen LogP contribution < -0.4 is 5.73 Å². The van der Waals surface area contributed by atoms with E-state index in [0.29, 0.717) is 0 Å². The van der Waals surface area contributed by atoms with Crippen molar-refractivity contribution in [3.8, 4) is 0 Å². The standard InChI is InChI=1S/C8H11NS/c9-3-7-4-10-5-8(7)6-1-2-6/h4-6H,1-3,9H2. The van der Waals surface area contributed by atoms with Crippen molar-refractivity contribution in [3.63, 3.8) is 0 Å². The molecule has 2 heteroatoms. The normalized spacial score (nSPS) is 17.7. The maximum Gasteiger partial charge on any atom is 0.0189 e. The highest BCUT2D eigenvalue weighted by Crippen LogP contribution is 2.42. The van der Waals surface area contributed by atoms with Gasteiger partial charge in [0, 0.05) is 6.54 Å². The first kappa shape index (κ1) is 6.38. The Morgan fingerprint density at radius 1 is 1.50 bits per heavy atom. The first-order chi connectivity index (χ1) is 4.92. The summed E-state index contributed by atoms with van der Waals surface area (Å²) < 4.78 is 0. The minimum atomic E-state index is 0.718. The third kappa shape index (κ3) is 0.976. The Balaban J connectivity index is 2.28. The SMILES string of the molecule is NCc1cscc1C1CC1. The quantitative estimate of drug-likeness (QED) is 0.691. The van der Waals surface area contributed by atoms with Crippen LogP contribution in [0.5, 0.6) is 0 Å². The maximum absolute atomic E-state index is 5.57. The molecule has 54 valence electrons. The van der Waals surface area contributed by atoms with Gasteiger partial charge in [0.15, 0.2) is 0 Å². The van der Waals surface area contributed by atoms with Gasteiger partial charge in [0.2, 0.25) is 0 Å². The number of rotatable bonds is 2. The predicted molar refractivity (Wildman–Crippen MR) is 44.2 cm³/mol. The highest BCUT2D eigenvalue weighted by Gasteiger charge is 2.25. The van der Waals surface area contributed by atoms with E-state index in [0.717, 1.165) is 12.5 Å². The molecule has 2 rings (SSSR count). The number of thiophene rings is 1. The van der Waals surface area contributed by atoms with Crippen molar-refractivity contribution < 1.29 is 0 Å². The Hall–Kier alpha value is -0.340. The van der Waals surface area contributed by atoms with Gasteiger partial charge in [0.25, 0.3) is 0 Å². The molecule has 0 spiro atoms. The fourth-order valence-electron chi connectivity index (χ4n) is 1.25. The molecule has 10 heavy (non-hydrogen) atoms. The molecular weight excluding hydrogens is 142 g/mol. The van der Waals surface area contributed by atoms with Crippen LogP contribution >= 0.6 is 11.3 Å². The van der Waals surface area contributed by atoms with Gasteiger partial charge in [-0.05, 0) is 40.6 Å². The molecular formula is C8H11NS. The van der Waals surface area contributed by atoms with Gasteiger partial charge in [0.05, 0.1) is 0 Å². The summed E-state index contributed by atoms with van der Waals surface area (Å²) in [6, 6.07) is 0. The molecule has 0 atom stereocenters. The van der Waals surface area contributed by atoms with Crippen molar-refractivity contribution >= 4 is 11.3 Å². The van der Waals surface area contributed by atoms with Crippen molar-refractivity contribution in [2.45, 2.75) is 25.3 Å². The molecule has 1 heterocycles. The van der Waals surface area contributed by atoms with Crippen molar-refractivity contribution in [1.29, 1.82) is 0 Å². The van der Waals surface area contributed by atoms with Crippen LogP contribution in [0.2, 0.25) is 0 Å². The maximum atomic E-state index is 5.57. The molecule has 0 radical (unpaired) electrons. The van der Waals surface area contributed by atoms with Crippen LogP contribution in [0.25, 0.3) is 0 Å². The molecule has 1 aromatic rings. The van der Waals surface area contributed by atoms with Crippen LogP contribution in [0.1, 0.15) is 29.9 Å². The Bertz CT molecular complexity index is 225. The molecule has 1 aliphatic rings. The van der Waals surface area contributed by atoms with Gasteiger partial charge in [-0.1, -0.05) is 0 Å². The molecule has 0 aromatic carbocycles. The van der Waals surface area contributed by atoms with Crippen molar-refractivity contribution in [1.82, 2.24) is 0 Å². The number of nitrogens with two attached hydrogens (primary N) is 1. The molecule has 1 aromatic heterocycles. The van der Waals surface area contributed by atoms with Gasteiger partial charge in [-0.2, -0.15) is 11.3 Å². The zero-order chi connectivity index (χ0) is 6.97. The highest BCUT2D eigenvalue weighted by atomic mass is 32.1.